The molecule has 1 aliphatic rings. The quantitative estimate of drug-likeness (QED) is 0.565. The highest BCUT2D eigenvalue weighted by atomic mass is 16.5. The number of rotatable bonds is 6. The summed E-state index contributed by atoms with van der Waals surface area (Å²) in [6.07, 6.45) is 3.53. The minimum Gasteiger partial charge on any atom is -0.493 e. The fourth-order valence-corrected chi connectivity index (χ4v) is 4.36. The number of likely N-dealkylation sites (tertiary alicyclic amines) is 1. The molecule has 7 heteroatoms. The van der Waals surface area contributed by atoms with E-state index in [0.717, 1.165) is 29.3 Å². The molecule has 0 spiro atoms. The van der Waals surface area contributed by atoms with Crippen LogP contribution in [-0.4, -0.2) is 49.2 Å². The molecule has 7 nitrogen and oxygen atoms in total. The molecule has 31 heavy (non-hydrogen) atoms. The van der Waals surface area contributed by atoms with Gasteiger partial charge in [-0.15, -0.1) is 0 Å². The van der Waals surface area contributed by atoms with Gasteiger partial charge in [0.25, 0.3) is 0 Å². The standard InChI is InChI=1S/C24H26N2O5/c1-29-21-11-10-16(13-22(21)30-2)19-9-6-12-26(19)23(27)15-25-14-18(24(28)31-3)17-7-4-5-8-20(17)25/h4-5,7-8,10-11,13-14,19H,6,9,12,15H2,1-3H3/t19-/m0/s1. The fourth-order valence-electron chi connectivity index (χ4n) is 4.36. The molecule has 1 saturated heterocycles. The molecule has 0 N–H and O–H groups in total. The van der Waals surface area contributed by atoms with Crippen LogP contribution in [0.4, 0.5) is 0 Å². The predicted molar refractivity (Wildman–Crippen MR) is 117 cm³/mol. The highest BCUT2D eigenvalue weighted by molar-refractivity contribution is 6.04. The molecule has 0 bridgehead atoms. The van der Waals surface area contributed by atoms with Crippen molar-refractivity contribution in [3.63, 3.8) is 0 Å². The number of fused-ring (bicyclic) bond motifs is 1. The topological polar surface area (TPSA) is 70.0 Å². The van der Waals surface area contributed by atoms with E-state index in [0.29, 0.717) is 23.6 Å². The zero-order valence-corrected chi connectivity index (χ0v) is 18.0. The predicted octanol–water partition coefficient (Wildman–Crippen LogP) is 3.81. The van der Waals surface area contributed by atoms with Crippen molar-refractivity contribution >= 4 is 22.8 Å². The van der Waals surface area contributed by atoms with Crippen molar-refractivity contribution in [3.8, 4) is 11.5 Å². The van der Waals surface area contributed by atoms with Gasteiger partial charge < -0.3 is 23.7 Å². The average Bonchev–Trinajstić information content (AvgIpc) is 3.44. The molecule has 2 aromatic carbocycles. The van der Waals surface area contributed by atoms with Crippen molar-refractivity contribution in [2.24, 2.45) is 0 Å². The number of methoxy groups -OCH3 is 3. The number of nitrogens with zero attached hydrogens (tertiary/aromatic N) is 2. The van der Waals surface area contributed by atoms with Gasteiger partial charge in [-0.05, 0) is 36.6 Å². The molecule has 0 radical (unpaired) electrons. The fraction of sp³-hybridized carbons (Fsp3) is 0.333. The van der Waals surface area contributed by atoms with E-state index in [1.165, 1.54) is 7.11 Å². The van der Waals surface area contributed by atoms with Crippen molar-refractivity contribution in [1.82, 2.24) is 9.47 Å². The second kappa shape index (κ2) is 8.71. The summed E-state index contributed by atoms with van der Waals surface area (Å²) in [6.45, 7) is 0.849. The summed E-state index contributed by atoms with van der Waals surface area (Å²) >= 11 is 0. The average molecular weight is 422 g/mol. The normalized spacial score (nSPS) is 15.8. The number of hydrogen-bond donors (Lipinski definition) is 0. The SMILES string of the molecule is COC(=O)c1cn(CC(=O)N2CCC[C@H]2c2ccc(OC)c(OC)c2)c2ccccc12. The van der Waals surface area contributed by atoms with E-state index >= 15 is 0 Å². The maximum Gasteiger partial charge on any atom is 0.340 e. The van der Waals surface area contributed by atoms with Crippen molar-refractivity contribution < 1.29 is 23.8 Å². The van der Waals surface area contributed by atoms with Crippen molar-refractivity contribution in [2.75, 3.05) is 27.9 Å². The third kappa shape index (κ3) is 3.83. The summed E-state index contributed by atoms with van der Waals surface area (Å²) in [5.41, 5.74) is 2.32. The maximum absolute atomic E-state index is 13.3. The second-order valence-electron chi connectivity index (χ2n) is 7.54. The van der Waals surface area contributed by atoms with Gasteiger partial charge in [-0.25, -0.2) is 4.79 Å². The molecular formula is C24H26N2O5. The Bertz CT molecular complexity index is 1120. The van der Waals surface area contributed by atoms with Gasteiger partial charge in [0.05, 0.1) is 32.9 Å². The molecule has 3 aromatic rings. The van der Waals surface area contributed by atoms with Gasteiger partial charge in [0.2, 0.25) is 5.91 Å². The smallest absolute Gasteiger partial charge is 0.340 e. The first-order chi connectivity index (χ1) is 15.1. The third-order valence-corrected chi connectivity index (χ3v) is 5.87. The lowest BCUT2D eigenvalue weighted by Crippen LogP contribution is -2.33. The number of benzene rings is 2. The third-order valence-electron chi connectivity index (χ3n) is 5.87. The summed E-state index contributed by atoms with van der Waals surface area (Å²) < 4.78 is 17.5. The number of esters is 1. The molecule has 1 aliphatic heterocycles. The van der Waals surface area contributed by atoms with Crippen LogP contribution >= 0.6 is 0 Å². The van der Waals surface area contributed by atoms with Crippen LogP contribution in [0.1, 0.15) is 34.8 Å². The zero-order chi connectivity index (χ0) is 22.0. The molecule has 1 aromatic heterocycles. The Hall–Kier alpha value is -3.48. The largest absolute Gasteiger partial charge is 0.493 e. The van der Waals surface area contributed by atoms with E-state index in [2.05, 4.69) is 0 Å². The van der Waals surface area contributed by atoms with Crippen LogP contribution in [0.25, 0.3) is 10.9 Å². The van der Waals surface area contributed by atoms with Gasteiger partial charge in [0, 0.05) is 23.6 Å². The van der Waals surface area contributed by atoms with E-state index < -0.39 is 5.97 Å². The Kier molecular flexibility index (Phi) is 5.84. The zero-order valence-electron chi connectivity index (χ0n) is 18.0. The molecule has 1 amide bonds. The number of ether oxygens (including phenoxy) is 3. The monoisotopic (exact) mass is 422 g/mol. The molecule has 1 fully saturated rings. The summed E-state index contributed by atoms with van der Waals surface area (Å²) in [5.74, 6) is 0.913. The molecule has 0 unspecified atom stereocenters. The van der Waals surface area contributed by atoms with E-state index in [-0.39, 0.29) is 18.5 Å². The van der Waals surface area contributed by atoms with Crippen LogP contribution in [0.5, 0.6) is 11.5 Å². The van der Waals surface area contributed by atoms with E-state index in [4.69, 9.17) is 14.2 Å². The Morgan fingerprint density at radius 3 is 2.55 bits per heavy atom. The van der Waals surface area contributed by atoms with Crippen molar-refractivity contribution in [1.29, 1.82) is 0 Å². The lowest BCUT2D eigenvalue weighted by atomic mass is 10.0. The van der Waals surface area contributed by atoms with Gasteiger partial charge >= 0.3 is 5.97 Å². The van der Waals surface area contributed by atoms with Crippen molar-refractivity contribution in [3.05, 3.63) is 59.8 Å². The number of para-hydroxylation sites is 1. The summed E-state index contributed by atoms with van der Waals surface area (Å²) in [6, 6.07) is 13.3. The maximum atomic E-state index is 13.3. The van der Waals surface area contributed by atoms with Gasteiger partial charge in [-0.3, -0.25) is 4.79 Å². The minimum absolute atomic E-state index is 0.00875. The summed E-state index contributed by atoms with van der Waals surface area (Å²) in [5, 5.41) is 0.778. The summed E-state index contributed by atoms with van der Waals surface area (Å²) in [4.78, 5) is 27.4. The molecule has 162 valence electrons. The first kappa shape index (κ1) is 20.8. The first-order valence-electron chi connectivity index (χ1n) is 10.2. The number of hydrogen-bond acceptors (Lipinski definition) is 5. The van der Waals surface area contributed by atoms with Crippen molar-refractivity contribution in [2.45, 2.75) is 25.4 Å². The van der Waals surface area contributed by atoms with Crippen LogP contribution < -0.4 is 9.47 Å². The van der Waals surface area contributed by atoms with Gasteiger partial charge in [0.1, 0.15) is 6.54 Å². The Balaban J connectivity index is 1.61. The second-order valence-corrected chi connectivity index (χ2v) is 7.54. The van der Waals surface area contributed by atoms with Gasteiger partial charge in [-0.1, -0.05) is 24.3 Å². The molecule has 1 atom stereocenters. The van der Waals surface area contributed by atoms with Crippen LogP contribution in [-0.2, 0) is 16.1 Å². The number of carbonyl (C=O) groups excluding carboxylic acids is 2. The highest BCUT2D eigenvalue weighted by Gasteiger charge is 2.31. The number of carbonyl (C=O) groups is 2. The van der Waals surface area contributed by atoms with E-state index in [9.17, 15) is 9.59 Å². The van der Waals surface area contributed by atoms with E-state index in [1.807, 2.05) is 51.9 Å². The molecule has 2 heterocycles. The minimum atomic E-state index is -0.410. The Morgan fingerprint density at radius 2 is 1.81 bits per heavy atom. The van der Waals surface area contributed by atoms with Crippen LogP contribution in [0.2, 0.25) is 0 Å². The molecule has 0 aliphatic carbocycles. The van der Waals surface area contributed by atoms with Gasteiger partial charge in [-0.2, -0.15) is 0 Å². The van der Waals surface area contributed by atoms with E-state index in [1.54, 1.807) is 20.4 Å². The summed E-state index contributed by atoms with van der Waals surface area (Å²) in [7, 11) is 4.57. The lowest BCUT2D eigenvalue weighted by Gasteiger charge is -2.26. The molecule has 4 rings (SSSR count). The van der Waals surface area contributed by atoms with Crippen LogP contribution in [0.15, 0.2) is 48.7 Å². The number of aromatic nitrogens is 1. The molecular weight excluding hydrogens is 396 g/mol. The highest BCUT2D eigenvalue weighted by Crippen LogP contribution is 2.37. The van der Waals surface area contributed by atoms with Crippen LogP contribution in [0.3, 0.4) is 0 Å². The first-order valence-corrected chi connectivity index (χ1v) is 10.2. The van der Waals surface area contributed by atoms with Crippen LogP contribution in [0, 0.1) is 0 Å². The Labute approximate surface area is 181 Å². The lowest BCUT2D eigenvalue weighted by molar-refractivity contribution is -0.132. The molecule has 0 saturated carbocycles. The van der Waals surface area contributed by atoms with Gasteiger partial charge in [0.15, 0.2) is 11.5 Å². The Morgan fingerprint density at radius 1 is 1.03 bits per heavy atom. The number of amides is 1.